The van der Waals surface area contributed by atoms with Gasteiger partial charge in [0.25, 0.3) is 0 Å². The van der Waals surface area contributed by atoms with Crippen LogP contribution in [0.5, 0.6) is 0 Å². The molecule has 3 aromatic rings. The first-order valence-electron chi connectivity index (χ1n) is 7.93. The third kappa shape index (κ3) is 1.37. The molecule has 0 N–H and O–H groups in total. The fourth-order valence-electron chi connectivity index (χ4n) is 4.64. The molecular weight excluding hydrogens is 326 g/mol. The van der Waals surface area contributed by atoms with E-state index in [4.69, 9.17) is 0 Å². The molecule has 0 aromatic heterocycles. The Morgan fingerprint density at radius 1 is 0.458 bits per heavy atom. The molecule has 0 spiro atoms. The van der Waals surface area contributed by atoms with E-state index < -0.39 is 10.8 Å². The van der Waals surface area contributed by atoms with Gasteiger partial charge in [-0.15, -0.1) is 0 Å². The third-order valence-electron chi connectivity index (χ3n) is 5.54. The average Bonchev–Trinajstić information content (AvgIpc) is 2.67. The maximum absolute atomic E-state index is 4.59. The summed E-state index contributed by atoms with van der Waals surface area (Å²) >= 11 is 0. The summed E-state index contributed by atoms with van der Waals surface area (Å²) in [6.45, 7) is 0. The van der Waals surface area contributed by atoms with Gasteiger partial charge in [-0.25, -0.2) is 0 Å². The number of rotatable bonds is 0. The van der Waals surface area contributed by atoms with E-state index in [0.29, 0.717) is 0 Å². The predicted molar refractivity (Wildman–Crippen MR) is 101 cm³/mol. The molecule has 0 saturated heterocycles. The fraction of sp³-hybridized carbons (Fsp3) is 0.0909. The van der Waals surface area contributed by atoms with Crippen molar-refractivity contribution in [3.63, 3.8) is 0 Å². The van der Waals surface area contributed by atoms with E-state index in [1.54, 1.807) is 0 Å². The Labute approximate surface area is 145 Å². The molecule has 0 nitrogen and oxygen atoms in total. The van der Waals surface area contributed by atoms with Crippen molar-refractivity contribution in [3.8, 4) is 11.3 Å². The molecule has 0 radical (unpaired) electrons. The van der Waals surface area contributed by atoms with Gasteiger partial charge in [0.2, 0.25) is 0 Å². The van der Waals surface area contributed by atoms with Crippen LogP contribution in [0.2, 0.25) is 0 Å². The van der Waals surface area contributed by atoms with E-state index in [0.717, 1.165) is 0 Å². The molecular formula is C22H12P2. The third-order valence-corrected chi connectivity index (χ3v) is 6.21. The summed E-state index contributed by atoms with van der Waals surface area (Å²) in [5.74, 6) is 0. The molecule has 0 aliphatic heterocycles. The Balaban J connectivity index is 2.12. The number of hydrogen-bond donors (Lipinski definition) is 0. The molecule has 0 unspecified atom stereocenters. The zero-order valence-electron chi connectivity index (χ0n) is 12.8. The molecule has 0 heterocycles. The van der Waals surface area contributed by atoms with Crippen LogP contribution in [0.1, 0.15) is 33.4 Å². The zero-order valence-corrected chi connectivity index (χ0v) is 14.6. The Morgan fingerprint density at radius 3 is 0.833 bits per heavy atom. The van der Waals surface area contributed by atoms with Crippen molar-refractivity contribution in [3.05, 3.63) is 106 Å². The van der Waals surface area contributed by atoms with Crippen molar-refractivity contribution in [2.24, 2.45) is 0 Å². The van der Waals surface area contributed by atoms with Gasteiger partial charge in [0.05, 0.1) is 0 Å². The predicted octanol–water partition coefficient (Wildman–Crippen LogP) is 5.72. The molecule has 3 aliphatic rings. The van der Waals surface area contributed by atoms with Crippen molar-refractivity contribution in [1.82, 2.24) is 0 Å². The topological polar surface area (TPSA) is 0 Å². The summed E-state index contributed by atoms with van der Waals surface area (Å²) in [7, 11) is 9.19. The van der Waals surface area contributed by atoms with Crippen LogP contribution in [0, 0.1) is 11.3 Å². The molecule has 3 aromatic carbocycles. The fourth-order valence-corrected chi connectivity index (χ4v) is 5.37. The second kappa shape index (κ2) is 4.80. The molecule has 0 atom stereocenters. The van der Waals surface area contributed by atoms with E-state index >= 15 is 0 Å². The molecule has 110 valence electrons. The van der Waals surface area contributed by atoms with Crippen LogP contribution < -0.4 is 0 Å². The van der Waals surface area contributed by atoms with Gasteiger partial charge in [0, 0.05) is 0 Å². The van der Waals surface area contributed by atoms with Crippen LogP contribution in [0.15, 0.2) is 72.8 Å². The van der Waals surface area contributed by atoms with E-state index in [2.05, 4.69) is 101 Å². The van der Waals surface area contributed by atoms with Crippen molar-refractivity contribution < 1.29 is 0 Å². The number of hydrogen-bond acceptors (Lipinski definition) is 0. The van der Waals surface area contributed by atoms with Gasteiger partial charge >= 0.3 is 146 Å². The molecule has 0 fully saturated rings. The summed E-state index contributed by atoms with van der Waals surface area (Å²) in [4.78, 5) is 0. The molecule has 6 rings (SSSR count). The zero-order chi connectivity index (χ0) is 16.4. The van der Waals surface area contributed by atoms with Gasteiger partial charge < -0.3 is 0 Å². The van der Waals surface area contributed by atoms with Crippen LogP contribution in [0.3, 0.4) is 0 Å². The first-order valence-corrected chi connectivity index (χ1v) is 8.82. The van der Waals surface area contributed by atoms with Gasteiger partial charge in [-0.2, -0.15) is 0 Å². The van der Waals surface area contributed by atoms with E-state index in [1.807, 2.05) is 0 Å². The van der Waals surface area contributed by atoms with Crippen molar-refractivity contribution in [2.75, 3.05) is 0 Å². The second-order valence-corrected chi connectivity index (χ2v) is 6.81. The monoisotopic (exact) mass is 338 g/mol. The average molecular weight is 338 g/mol. The Morgan fingerprint density at radius 2 is 0.667 bits per heavy atom. The first kappa shape index (κ1) is 14.4. The molecule has 3 aliphatic carbocycles. The van der Waals surface area contributed by atoms with Crippen molar-refractivity contribution >= 4 is 17.4 Å². The van der Waals surface area contributed by atoms with Gasteiger partial charge in [0.1, 0.15) is 0 Å². The van der Waals surface area contributed by atoms with Crippen LogP contribution in [0.4, 0.5) is 0 Å². The van der Waals surface area contributed by atoms with Crippen LogP contribution >= 0.6 is 17.4 Å². The molecule has 24 heavy (non-hydrogen) atoms. The Bertz CT molecular complexity index is 890. The summed E-state index contributed by atoms with van der Waals surface area (Å²) in [6, 6.07) is 25.6. The summed E-state index contributed by atoms with van der Waals surface area (Å²) in [6.07, 6.45) is 0. The quantitative estimate of drug-likeness (QED) is 0.460. The molecule has 0 amide bonds. The van der Waals surface area contributed by atoms with E-state index in [-0.39, 0.29) is 0 Å². The summed E-state index contributed by atoms with van der Waals surface area (Å²) in [5.41, 5.74) is 13.1. The minimum absolute atomic E-state index is 0.459. The minimum atomic E-state index is -0.459. The van der Waals surface area contributed by atoms with Gasteiger partial charge in [0.15, 0.2) is 0 Å². The van der Waals surface area contributed by atoms with Gasteiger partial charge in [-0.1, -0.05) is 0 Å². The Kier molecular flexibility index (Phi) is 2.89. The first-order chi connectivity index (χ1) is 11.8. The normalized spacial score (nSPS) is 24.9. The number of benzene rings is 3. The van der Waals surface area contributed by atoms with Crippen LogP contribution in [0.25, 0.3) is 0 Å². The van der Waals surface area contributed by atoms with Crippen molar-refractivity contribution in [2.45, 2.75) is 10.8 Å². The SMILES string of the molecule is P#CC12c3ccccc3C(C#P)(c3ccccc31)c1ccccc12. The summed E-state index contributed by atoms with van der Waals surface area (Å²) < 4.78 is 0. The van der Waals surface area contributed by atoms with E-state index in [9.17, 15) is 0 Å². The van der Waals surface area contributed by atoms with E-state index in [1.165, 1.54) is 33.4 Å². The standard InChI is InChI=1S/C22H12P2/c23-13-21-15-7-1-2-8-16(15)22(14-24,19-11-5-3-9-17(19)21)20-12-6-4-10-18(20)21/h1-12H. The summed E-state index contributed by atoms with van der Waals surface area (Å²) in [5, 5.41) is 0. The second-order valence-electron chi connectivity index (χ2n) is 6.36. The maximum atomic E-state index is 4.59. The van der Waals surface area contributed by atoms with Gasteiger partial charge in [-0.3, -0.25) is 0 Å². The van der Waals surface area contributed by atoms with Crippen LogP contribution in [-0.2, 0) is 10.8 Å². The molecule has 2 bridgehead atoms. The van der Waals surface area contributed by atoms with Crippen molar-refractivity contribution in [1.29, 1.82) is 0 Å². The van der Waals surface area contributed by atoms with Gasteiger partial charge in [-0.05, 0) is 0 Å². The molecule has 2 heteroatoms. The van der Waals surface area contributed by atoms with Crippen LogP contribution in [-0.4, -0.2) is 0 Å². The molecule has 0 saturated carbocycles. The Hall–Kier alpha value is -1.92.